The number of carbonyl (C=O) groups excluding carboxylic acids is 1. The molecule has 0 spiro atoms. The largest absolute Gasteiger partial charge is 0.480 e. The lowest BCUT2D eigenvalue weighted by Gasteiger charge is -2.23. The smallest absolute Gasteiger partial charge is 0.328 e. The van der Waals surface area contributed by atoms with Gasteiger partial charge < -0.3 is 20.9 Å². The molecule has 0 saturated heterocycles. The fraction of sp³-hybridized carbons (Fsp3) is 0.833. The number of hydrogen-bond donors (Lipinski definition) is 3. The first kappa shape index (κ1) is 16.9. The van der Waals surface area contributed by atoms with Gasteiger partial charge in [-0.2, -0.15) is 0 Å². The van der Waals surface area contributed by atoms with Gasteiger partial charge in [-0.3, -0.25) is 4.79 Å². The predicted molar refractivity (Wildman–Crippen MR) is 68.1 cm³/mol. The molecule has 0 saturated carbocycles. The summed E-state index contributed by atoms with van der Waals surface area (Å²) in [5.74, 6) is -1.36. The fourth-order valence-electron chi connectivity index (χ4n) is 1.58. The van der Waals surface area contributed by atoms with E-state index in [1.54, 1.807) is 0 Å². The summed E-state index contributed by atoms with van der Waals surface area (Å²) in [7, 11) is 1.40. The molecule has 0 rings (SSSR count). The van der Waals surface area contributed by atoms with E-state index >= 15 is 0 Å². The van der Waals surface area contributed by atoms with Crippen LogP contribution in [0.15, 0.2) is 0 Å². The zero-order chi connectivity index (χ0) is 14.2. The summed E-state index contributed by atoms with van der Waals surface area (Å²) in [6.07, 6.45) is 1.80. The standard InChI is InChI=1S/C12H24N2O4/c1-12(2,6-7-13)5-4-10(15)14-9(8-18-3)11(16)17/h9H,4-8,13H2,1-3H3,(H,14,15)(H,16,17). The van der Waals surface area contributed by atoms with Crippen LogP contribution in [0.1, 0.15) is 33.1 Å². The molecule has 1 amide bonds. The molecule has 0 radical (unpaired) electrons. The van der Waals surface area contributed by atoms with Gasteiger partial charge in [0.05, 0.1) is 6.61 Å². The van der Waals surface area contributed by atoms with Crippen molar-refractivity contribution in [3.8, 4) is 0 Å². The van der Waals surface area contributed by atoms with Crippen LogP contribution in [0.4, 0.5) is 0 Å². The second-order valence-electron chi connectivity index (χ2n) is 5.12. The van der Waals surface area contributed by atoms with Crippen molar-refractivity contribution in [2.75, 3.05) is 20.3 Å². The van der Waals surface area contributed by atoms with Crippen molar-refractivity contribution in [3.05, 3.63) is 0 Å². The number of carboxylic acid groups (broad SMARTS) is 1. The van der Waals surface area contributed by atoms with Gasteiger partial charge in [0.15, 0.2) is 6.04 Å². The molecule has 0 heterocycles. The Hall–Kier alpha value is -1.14. The zero-order valence-corrected chi connectivity index (χ0v) is 11.4. The number of hydrogen-bond acceptors (Lipinski definition) is 4. The van der Waals surface area contributed by atoms with Crippen LogP contribution in [0.2, 0.25) is 0 Å². The third-order valence-electron chi connectivity index (χ3n) is 2.82. The van der Waals surface area contributed by atoms with Gasteiger partial charge in [-0.05, 0) is 24.8 Å². The minimum absolute atomic E-state index is 0.00787. The second-order valence-corrected chi connectivity index (χ2v) is 5.12. The van der Waals surface area contributed by atoms with Gasteiger partial charge in [-0.25, -0.2) is 4.79 Å². The molecule has 0 aromatic heterocycles. The van der Waals surface area contributed by atoms with E-state index in [1.807, 2.05) is 13.8 Å². The van der Waals surface area contributed by atoms with Crippen LogP contribution < -0.4 is 11.1 Å². The topological polar surface area (TPSA) is 102 Å². The lowest BCUT2D eigenvalue weighted by Crippen LogP contribution is -2.44. The molecule has 0 aromatic rings. The molecule has 1 unspecified atom stereocenters. The Morgan fingerprint density at radius 2 is 2.00 bits per heavy atom. The quantitative estimate of drug-likeness (QED) is 0.555. The Balaban J connectivity index is 4.13. The van der Waals surface area contributed by atoms with Crippen LogP contribution in [0.25, 0.3) is 0 Å². The lowest BCUT2D eigenvalue weighted by atomic mass is 9.84. The van der Waals surface area contributed by atoms with Gasteiger partial charge in [0, 0.05) is 13.5 Å². The molecule has 0 fully saturated rings. The van der Waals surface area contributed by atoms with Crippen molar-refractivity contribution in [3.63, 3.8) is 0 Å². The summed E-state index contributed by atoms with van der Waals surface area (Å²) >= 11 is 0. The van der Waals surface area contributed by atoms with Gasteiger partial charge in [0.1, 0.15) is 0 Å². The summed E-state index contributed by atoms with van der Waals surface area (Å²) in [4.78, 5) is 22.4. The molecular weight excluding hydrogens is 236 g/mol. The molecule has 18 heavy (non-hydrogen) atoms. The minimum atomic E-state index is -1.09. The predicted octanol–water partition coefficient (Wildman–Crippen LogP) is 0.357. The number of amides is 1. The Morgan fingerprint density at radius 3 is 2.44 bits per heavy atom. The molecule has 6 heteroatoms. The normalized spacial score (nSPS) is 13.1. The number of nitrogens with one attached hydrogen (secondary N) is 1. The maximum atomic E-state index is 11.6. The number of carbonyl (C=O) groups is 2. The molecule has 6 nitrogen and oxygen atoms in total. The third kappa shape index (κ3) is 7.24. The molecular formula is C12H24N2O4. The first-order valence-corrected chi connectivity index (χ1v) is 6.03. The number of carboxylic acids is 1. The van der Waals surface area contributed by atoms with Crippen molar-refractivity contribution in [1.82, 2.24) is 5.32 Å². The van der Waals surface area contributed by atoms with Gasteiger partial charge in [-0.15, -0.1) is 0 Å². The molecule has 1 atom stereocenters. The summed E-state index contributed by atoms with van der Waals surface area (Å²) < 4.78 is 4.74. The van der Waals surface area contributed by atoms with Crippen LogP contribution in [0, 0.1) is 5.41 Å². The number of ether oxygens (including phenoxy) is 1. The highest BCUT2D eigenvalue weighted by atomic mass is 16.5. The number of rotatable bonds is 9. The molecule has 0 bridgehead atoms. The maximum absolute atomic E-state index is 11.6. The van der Waals surface area contributed by atoms with Crippen LogP contribution in [-0.4, -0.2) is 43.3 Å². The first-order valence-electron chi connectivity index (χ1n) is 6.03. The van der Waals surface area contributed by atoms with Crippen molar-refractivity contribution >= 4 is 11.9 Å². The Morgan fingerprint density at radius 1 is 1.39 bits per heavy atom. The summed E-state index contributed by atoms with van der Waals surface area (Å²) in [6.45, 7) is 4.62. The second kappa shape index (κ2) is 8.05. The monoisotopic (exact) mass is 260 g/mol. The average Bonchev–Trinajstić information content (AvgIpc) is 2.26. The zero-order valence-electron chi connectivity index (χ0n) is 11.4. The van der Waals surface area contributed by atoms with Crippen molar-refractivity contribution in [2.45, 2.75) is 39.2 Å². The van der Waals surface area contributed by atoms with Crippen LogP contribution in [0.3, 0.4) is 0 Å². The van der Waals surface area contributed by atoms with Gasteiger partial charge in [0.25, 0.3) is 0 Å². The number of nitrogens with two attached hydrogens (primary N) is 1. The van der Waals surface area contributed by atoms with E-state index in [9.17, 15) is 9.59 Å². The molecule has 0 aliphatic heterocycles. The van der Waals surface area contributed by atoms with Gasteiger partial charge in [0.2, 0.25) is 5.91 Å². The summed E-state index contributed by atoms with van der Waals surface area (Å²) in [6, 6.07) is -0.986. The highest BCUT2D eigenvalue weighted by Crippen LogP contribution is 2.25. The highest BCUT2D eigenvalue weighted by Gasteiger charge is 2.22. The fourth-order valence-corrected chi connectivity index (χ4v) is 1.58. The summed E-state index contributed by atoms with van der Waals surface area (Å²) in [5.41, 5.74) is 5.48. The van der Waals surface area contributed by atoms with E-state index in [0.717, 1.165) is 6.42 Å². The van der Waals surface area contributed by atoms with E-state index in [0.29, 0.717) is 19.4 Å². The Bertz CT molecular complexity index is 279. The van der Waals surface area contributed by atoms with E-state index in [-0.39, 0.29) is 17.9 Å². The third-order valence-corrected chi connectivity index (χ3v) is 2.82. The van der Waals surface area contributed by atoms with Crippen molar-refractivity contribution in [2.24, 2.45) is 11.1 Å². The Kier molecular flexibility index (Phi) is 7.54. The highest BCUT2D eigenvalue weighted by molar-refractivity contribution is 5.83. The van der Waals surface area contributed by atoms with Crippen molar-refractivity contribution in [1.29, 1.82) is 0 Å². The number of methoxy groups -OCH3 is 1. The van der Waals surface area contributed by atoms with Gasteiger partial charge in [-0.1, -0.05) is 13.8 Å². The first-order chi connectivity index (χ1) is 8.32. The summed E-state index contributed by atoms with van der Waals surface area (Å²) in [5, 5.41) is 11.3. The molecule has 0 aliphatic rings. The van der Waals surface area contributed by atoms with E-state index < -0.39 is 12.0 Å². The maximum Gasteiger partial charge on any atom is 0.328 e. The van der Waals surface area contributed by atoms with Crippen LogP contribution >= 0.6 is 0 Å². The van der Waals surface area contributed by atoms with E-state index in [4.69, 9.17) is 15.6 Å². The number of aliphatic carboxylic acids is 1. The van der Waals surface area contributed by atoms with Gasteiger partial charge >= 0.3 is 5.97 Å². The van der Waals surface area contributed by atoms with E-state index in [1.165, 1.54) is 7.11 Å². The minimum Gasteiger partial charge on any atom is -0.480 e. The molecule has 4 N–H and O–H groups in total. The van der Waals surface area contributed by atoms with Crippen LogP contribution in [-0.2, 0) is 14.3 Å². The van der Waals surface area contributed by atoms with Crippen molar-refractivity contribution < 1.29 is 19.4 Å². The SMILES string of the molecule is COCC(NC(=O)CCC(C)(C)CCN)C(=O)O. The average molecular weight is 260 g/mol. The Labute approximate surface area is 108 Å². The van der Waals surface area contributed by atoms with E-state index in [2.05, 4.69) is 5.32 Å². The molecule has 106 valence electrons. The molecule has 0 aromatic carbocycles. The molecule has 0 aliphatic carbocycles. The van der Waals surface area contributed by atoms with Crippen LogP contribution in [0.5, 0.6) is 0 Å². The lowest BCUT2D eigenvalue weighted by molar-refractivity contribution is -0.143.